The number of sulfonamides is 1. The Balaban J connectivity index is 1.60. The molecule has 0 aliphatic carbocycles. The van der Waals surface area contributed by atoms with Gasteiger partial charge in [0.25, 0.3) is 5.91 Å². The second kappa shape index (κ2) is 9.64. The molecular formula is C23H30N2O6S. The molecule has 2 fully saturated rings. The van der Waals surface area contributed by atoms with Crippen molar-refractivity contribution in [3.63, 3.8) is 0 Å². The summed E-state index contributed by atoms with van der Waals surface area (Å²) in [6.45, 7) is 4.01. The zero-order chi connectivity index (χ0) is 22.7. The van der Waals surface area contributed by atoms with Gasteiger partial charge in [-0.15, -0.1) is 0 Å². The third kappa shape index (κ3) is 4.84. The number of amides is 1. The number of benzene rings is 1. The Hall–Kier alpha value is -2.36. The third-order valence-electron chi connectivity index (χ3n) is 6.01. The lowest BCUT2D eigenvalue weighted by Gasteiger charge is -2.25. The fourth-order valence-corrected chi connectivity index (χ4v) is 5.97. The van der Waals surface area contributed by atoms with Gasteiger partial charge >= 0.3 is 0 Å². The number of aryl methyl sites for hydroxylation is 1. The van der Waals surface area contributed by atoms with Crippen LogP contribution in [0.15, 0.2) is 39.6 Å². The van der Waals surface area contributed by atoms with Gasteiger partial charge in [0, 0.05) is 38.9 Å². The number of nitrogens with zero attached hydrogens (tertiary/aromatic N) is 2. The fraction of sp³-hybridized carbons (Fsp3) is 0.522. The van der Waals surface area contributed by atoms with Crippen LogP contribution in [0.25, 0.3) is 0 Å². The molecule has 0 bridgehead atoms. The van der Waals surface area contributed by atoms with Gasteiger partial charge in [0.05, 0.1) is 13.2 Å². The van der Waals surface area contributed by atoms with Crippen molar-refractivity contribution in [1.29, 1.82) is 0 Å². The minimum Gasteiger partial charge on any atom is -0.497 e. The Labute approximate surface area is 189 Å². The molecule has 1 atom stereocenters. The van der Waals surface area contributed by atoms with Crippen LogP contribution < -0.4 is 4.74 Å². The maximum absolute atomic E-state index is 13.4. The molecule has 2 aliphatic rings. The molecule has 174 valence electrons. The van der Waals surface area contributed by atoms with Gasteiger partial charge in [0.1, 0.15) is 16.4 Å². The Morgan fingerprint density at radius 2 is 2.00 bits per heavy atom. The first-order valence-electron chi connectivity index (χ1n) is 11.0. The summed E-state index contributed by atoms with van der Waals surface area (Å²) >= 11 is 0. The molecule has 4 rings (SSSR count). The van der Waals surface area contributed by atoms with Crippen LogP contribution in [0.5, 0.6) is 5.75 Å². The van der Waals surface area contributed by atoms with Gasteiger partial charge in [-0.2, -0.15) is 4.31 Å². The predicted molar refractivity (Wildman–Crippen MR) is 118 cm³/mol. The van der Waals surface area contributed by atoms with Gasteiger partial charge in [-0.25, -0.2) is 8.42 Å². The summed E-state index contributed by atoms with van der Waals surface area (Å²) in [5.41, 5.74) is 0.906. The molecule has 0 saturated carbocycles. The number of hydrogen-bond donors (Lipinski definition) is 0. The molecule has 0 spiro atoms. The van der Waals surface area contributed by atoms with E-state index in [-0.39, 0.29) is 28.4 Å². The van der Waals surface area contributed by atoms with Gasteiger partial charge in [-0.05, 0) is 50.3 Å². The average Bonchev–Trinajstić information content (AvgIpc) is 3.55. The minimum atomic E-state index is -3.67. The number of methoxy groups -OCH3 is 1. The topological polar surface area (TPSA) is 89.3 Å². The summed E-state index contributed by atoms with van der Waals surface area (Å²) in [5.74, 6) is 0.619. The van der Waals surface area contributed by atoms with Crippen LogP contribution in [0.2, 0.25) is 0 Å². The first kappa shape index (κ1) is 22.8. The molecule has 1 aromatic carbocycles. The maximum atomic E-state index is 13.4. The largest absolute Gasteiger partial charge is 0.497 e. The first-order valence-corrected chi connectivity index (χ1v) is 12.5. The van der Waals surface area contributed by atoms with Crippen LogP contribution in [0.4, 0.5) is 0 Å². The highest BCUT2D eigenvalue weighted by molar-refractivity contribution is 7.89. The van der Waals surface area contributed by atoms with Crippen molar-refractivity contribution in [1.82, 2.24) is 9.21 Å². The van der Waals surface area contributed by atoms with Crippen molar-refractivity contribution in [3.8, 4) is 5.75 Å². The van der Waals surface area contributed by atoms with Gasteiger partial charge in [0.2, 0.25) is 10.0 Å². The van der Waals surface area contributed by atoms with E-state index in [9.17, 15) is 13.2 Å². The van der Waals surface area contributed by atoms with Gasteiger partial charge < -0.3 is 18.8 Å². The van der Waals surface area contributed by atoms with Crippen molar-refractivity contribution < 1.29 is 27.1 Å². The van der Waals surface area contributed by atoms with E-state index in [1.165, 1.54) is 10.4 Å². The second-order valence-corrected chi connectivity index (χ2v) is 10.2. The normalized spacial score (nSPS) is 19.4. The lowest BCUT2D eigenvalue weighted by molar-refractivity contribution is 0.0483. The number of furan rings is 1. The molecule has 0 N–H and O–H groups in total. The Bertz CT molecular complexity index is 1050. The molecule has 0 radical (unpaired) electrons. The number of rotatable bonds is 8. The molecule has 32 heavy (non-hydrogen) atoms. The van der Waals surface area contributed by atoms with Crippen LogP contribution in [-0.2, 0) is 21.3 Å². The van der Waals surface area contributed by atoms with Crippen LogP contribution in [0.1, 0.15) is 47.6 Å². The summed E-state index contributed by atoms with van der Waals surface area (Å²) in [6.07, 6.45) is 3.49. The van der Waals surface area contributed by atoms with E-state index < -0.39 is 10.0 Å². The quantitative estimate of drug-likeness (QED) is 0.599. The zero-order valence-corrected chi connectivity index (χ0v) is 19.4. The number of carbonyl (C=O) groups excluding carboxylic acids is 1. The van der Waals surface area contributed by atoms with E-state index in [1.54, 1.807) is 18.9 Å². The van der Waals surface area contributed by atoms with Crippen molar-refractivity contribution in [2.75, 3.05) is 33.4 Å². The summed E-state index contributed by atoms with van der Waals surface area (Å²) < 4.78 is 44.2. The maximum Gasteiger partial charge on any atom is 0.290 e. The summed E-state index contributed by atoms with van der Waals surface area (Å²) in [4.78, 5) is 15.2. The highest BCUT2D eigenvalue weighted by Crippen LogP contribution is 2.28. The van der Waals surface area contributed by atoms with E-state index >= 15 is 0 Å². The molecule has 2 aromatic rings. The van der Waals surface area contributed by atoms with E-state index in [0.29, 0.717) is 38.5 Å². The standard InChI is InChI=1S/C23H30N2O6S/c1-17-22(32(27,28)25-10-3-4-11-25)14-21(31-17)23(26)24(16-20-9-6-12-30-20)15-18-7-5-8-19(13-18)29-2/h5,7-8,13-14,20H,3-4,6,9-12,15-16H2,1-2H3. The smallest absolute Gasteiger partial charge is 0.290 e. The van der Waals surface area contributed by atoms with Crippen LogP contribution in [-0.4, -0.2) is 63.0 Å². The van der Waals surface area contributed by atoms with E-state index in [2.05, 4.69) is 0 Å². The van der Waals surface area contributed by atoms with E-state index in [1.807, 2.05) is 24.3 Å². The van der Waals surface area contributed by atoms with E-state index in [0.717, 1.165) is 31.2 Å². The minimum absolute atomic E-state index is 0.0289. The van der Waals surface area contributed by atoms with Crippen molar-refractivity contribution in [3.05, 3.63) is 47.4 Å². The molecule has 2 saturated heterocycles. The van der Waals surface area contributed by atoms with E-state index in [4.69, 9.17) is 13.9 Å². The highest BCUT2D eigenvalue weighted by Gasteiger charge is 2.33. The number of carbonyl (C=O) groups is 1. The van der Waals surface area contributed by atoms with Crippen molar-refractivity contribution in [2.45, 2.75) is 50.2 Å². The molecule has 1 amide bonds. The molecule has 1 unspecified atom stereocenters. The average molecular weight is 463 g/mol. The zero-order valence-electron chi connectivity index (χ0n) is 18.6. The first-order chi connectivity index (χ1) is 15.4. The highest BCUT2D eigenvalue weighted by atomic mass is 32.2. The van der Waals surface area contributed by atoms with Gasteiger partial charge in [0.15, 0.2) is 5.76 Å². The Morgan fingerprint density at radius 3 is 2.69 bits per heavy atom. The molecule has 8 nitrogen and oxygen atoms in total. The van der Waals surface area contributed by atoms with Crippen LogP contribution >= 0.6 is 0 Å². The van der Waals surface area contributed by atoms with Crippen LogP contribution in [0.3, 0.4) is 0 Å². The van der Waals surface area contributed by atoms with Crippen molar-refractivity contribution >= 4 is 15.9 Å². The molecule has 2 aliphatic heterocycles. The molecule has 9 heteroatoms. The molecule has 3 heterocycles. The predicted octanol–water partition coefficient (Wildman–Crippen LogP) is 3.20. The summed E-state index contributed by atoms with van der Waals surface area (Å²) in [7, 11) is -2.07. The molecular weight excluding hydrogens is 432 g/mol. The third-order valence-corrected chi connectivity index (χ3v) is 8.01. The van der Waals surface area contributed by atoms with Gasteiger partial charge in [-0.3, -0.25) is 4.79 Å². The lowest BCUT2D eigenvalue weighted by Crippen LogP contribution is -2.36. The summed E-state index contributed by atoms with van der Waals surface area (Å²) in [5, 5.41) is 0. The number of hydrogen-bond acceptors (Lipinski definition) is 6. The van der Waals surface area contributed by atoms with Gasteiger partial charge in [-0.1, -0.05) is 12.1 Å². The van der Waals surface area contributed by atoms with Crippen molar-refractivity contribution in [2.24, 2.45) is 0 Å². The van der Waals surface area contributed by atoms with Crippen LogP contribution in [0, 0.1) is 6.92 Å². The SMILES string of the molecule is COc1cccc(CN(CC2CCCO2)C(=O)c2cc(S(=O)(=O)N3CCCC3)c(C)o2)c1. The fourth-order valence-electron chi connectivity index (χ4n) is 4.29. The monoisotopic (exact) mass is 462 g/mol. The Morgan fingerprint density at radius 1 is 1.22 bits per heavy atom. The number of ether oxygens (including phenoxy) is 2. The lowest BCUT2D eigenvalue weighted by atomic mass is 10.1. The Kier molecular flexibility index (Phi) is 6.88. The summed E-state index contributed by atoms with van der Waals surface area (Å²) in [6, 6.07) is 8.91. The molecule has 1 aromatic heterocycles. The second-order valence-electron chi connectivity index (χ2n) is 8.31.